The number of phenols is 1. The molecular weight excluding hydrogens is 386 g/mol. The largest absolute Gasteiger partial charge is 0.507 e. The molecule has 0 saturated carbocycles. The van der Waals surface area contributed by atoms with Gasteiger partial charge in [0.25, 0.3) is 0 Å². The first-order valence-corrected chi connectivity index (χ1v) is 10.4. The molecule has 2 heterocycles. The van der Waals surface area contributed by atoms with Crippen molar-refractivity contribution in [3.63, 3.8) is 0 Å². The quantitative estimate of drug-likeness (QED) is 0.598. The van der Waals surface area contributed by atoms with Crippen molar-refractivity contribution in [3.8, 4) is 11.5 Å². The molecule has 2 aliphatic heterocycles. The zero-order chi connectivity index (χ0) is 21.2. The third-order valence-corrected chi connectivity index (χ3v) is 5.05. The van der Waals surface area contributed by atoms with Crippen molar-refractivity contribution >= 4 is 17.8 Å². The van der Waals surface area contributed by atoms with Crippen molar-refractivity contribution in [2.24, 2.45) is 0 Å². The van der Waals surface area contributed by atoms with Gasteiger partial charge in [0, 0.05) is 38.5 Å². The molecule has 0 aliphatic carbocycles. The molecule has 0 spiro atoms. The number of cyclic esters (lactones) is 1. The molecule has 0 aromatic heterocycles. The van der Waals surface area contributed by atoms with E-state index < -0.39 is 5.97 Å². The molecule has 0 radical (unpaired) electrons. The van der Waals surface area contributed by atoms with E-state index >= 15 is 0 Å². The number of carbonyl (C=O) groups is 2. The third kappa shape index (κ3) is 6.71. The summed E-state index contributed by atoms with van der Waals surface area (Å²) in [6.45, 7) is 4.50. The lowest BCUT2D eigenvalue weighted by molar-refractivity contribution is -0.118. The van der Waals surface area contributed by atoms with Crippen LogP contribution in [0, 0.1) is 0 Å². The number of phenolic OH excluding ortho intramolecular Hbond substituents is 1. The van der Waals surface area contributed by atoms with Crippen LogP contribution in [0.25, 0.3) is 6.08 Å². The molecule has 7 nitrogen and oxygen atoms in total. The normalized spacial score (nSPS) is 19.1. The summed E-state index contributed by atoms with van der Waals surface area (Å²) in [5.41, 5.74) is 0.655. The monoisotopic (exact) mass is 415 g/mol. The minimum absolute atomic E-state index is 0.0481. The summed E-state index contributed by atoms with van der Waals surface area (Å²) in [5, 5.41) is 10.5. The van der Waals surface area contributed by atoms with Crippen molar-refractivity contribution in [1.29, 1.82) is 0 Å². The smallest absolute Gasteiger partial charge is 0.342 e. The van der Waals surface area contributed by atoms with E-state index in [0.29, 0.717) is 37.2 Å². The van der Waals surface area contributed by atoms with Crippen LogP contribution in [0.15, 0.2) is 30.4 Å². The predicted octanol–water partition coefficient (Wildman–Crippen LogP) is 2.97. The fourth-order valence-corrected chi connectivity index (χ4v) is 3.38. The van der Waals surface area contributed by atoms with Crippen molar-refractivity contribution in [2.45, 2.75) is 25.7 Å². The number of fused-ring (bicyclic) bond motifs is 1. The average molecular weight is 415 g/mol. The Labute approximate surface area is 176 Å². The van der Waals surface area contributed by atoms with Gasteiger partial charge < -0.3 is 19.3 Å². The Hall–Kier alpha value is -2.64. The van der Waals surface area contributed by atoms with Crippen LogP contribution >= 0.6 is 0 Å². The second kappa shape index (κ2) is 11.5. The van der Waals surface area contributed by atoms with Gasteiger partial charge in [-0.05, 0) is 24.5 Å². The van der Waals surface area contributed by atoms with Crippen LogP contribution in [0.2, 0.25) is 0 Å². The van der Waals surface area contributed by atoms with Gasteiger partial charge in [0.05, 0.1) is 13.2 Å². The van der Waals surface area contributed by atoms with E-state index in [4.69, 9.17) is 14.2 Å². The fraction of sp³-hybridized carbons (Fsp3) is 0.478. The van der Waals surface area contributed by atoms with E-state index in [9.17, 15) is 14.7 Å². The maximum atomic E-state index is 12.5. The molecule has 30 heavy (non-hydrogen) atoms. The molecule has 0 unspecified atom stereocenters. The van der Waals surface area contributed by atoms with Crippen molar-refractivity contribution in [2.75, 3.05) is 46.1 Å². The van der Waals surface area contributed by atoms with Crippen LogP contribution in [-0.2, 0) is 14.3 Å². The Bertz CT molecular complexity index is 795. The van der Waals surface area contributed by atoms with Crippen LogP contribution in [0.1, 0.15) is 41.6 Å². The number of esters is 1. The van der Waals surface area contributed by atoms with Gasteiger partial charge in [0.2, 0.25) is 0 Å². The molecular formula is C23H29NO6. The lowest BCUT2D eigenvalue weighted by Crippen LogP contribution is -2.38. The number of carbonyl (C=O) groups excluding carboxylic acids is 2. The lowest BCUT2D eigenvalue weighted by atomic mass is 10.0. The van der Waals surface area contributed by atoms with Crippen molar-refractivity contribution in [3.05, 3.63) is 41.5 Å². The average Bonchev–Trinajstić information content (AvgIpc) is 2.73. The summed E-state index contributed by atoms with van der Waals surface area (Å²) in [6.07, 6.45) is 9.33. The molecule has 1 aromatic carbocycles. The summed E-state index contributed by atoms with van der Waals surface area (Å²) >= 11 is 0. The summed E-state index contributed by atoms with van der Waals surface area (Å²) in [4.78, 5) is 26.6. The van der Waals surface area contributed by atoms with Gasteiger partial charge in [0.1, 0.15) is 36.1 Å². The standard InChI is InChI=1S/C23H29NO6/c25-19-7-3-1-2-6-18-16-20(29-15-11-24-9-13-28-14-10-24)17-21(26)22(18)23(27)30-12-5-4-8-19/h2,4-6,16-17,26H,1,3,7-15H2. The first-order valence-electron chi connectivity index (χ1n) is 10.4. The summed E-state index contributed by atoms with van der Waals surface area (Å²) in [6, 6.07) is 3.18. The molecule has 1 aromatic rings. The van der Waals surface area contributed by atoms with Gasteiger partial charge in [0.15, 0.2) is 0 Å². The summed E-state index contributed by atoms with van der Waals surface area (Å²) in [7, 11) is 0. The number of Topliss-reactive ketones (excluding diaryl/α,β-unsaturated/α-hetero) is 1. The molecule has 0 amide bonds. The van der Waals surface area contributed by atoms with Crippen molar-refractivity contribution in [1.82, 2.24) is 4.90 Å². The van der Waals surface area contributed by atoms with Gasteiger partial charge in [-0.1, -0.05) is 24.3 Å². The van der Waals surface area contributed by atoms with Gasteiger partial charge >= 0.3 is 5.97 Å². The van der Waals surface area contributed by atoms with Crippen LogP contribution in [0.3, 0.4) is 0 Å². The second-order valence-electron chi connectivity index (χ2n) is 7.32. The molecule has 7 heteroatoms. The van der Waals surface area contributed by atoms with E-state index in [1.165, 1.54) is 6.07 Å². The van der Waals surface area contributed by atoms with E-state index in [0.717, 1.165) is 39.3 Å². The van der Waals surface area contributed by atoms with E-state index in [1.807, 2.05) is 6.08 Å². The minimum atomic E-state index is -0.611. The van der Waals surface area contributed by atoms with E-state index in [1.54, 1.807) is 24.3 Å². The van der Waals surface area contributed by atoms with Gasteiger partial charge in [-0.15, -0.1) is 0 Å². The minimum Gasteiger partial charge on any atom is -0.507 e. The molecule has 1 N–H and O–H groups in total. The highest BCUT2D eigenvalue weighted by Crippen LogP contribution is 2.30. The maximum Gasteiger partial charge on any atom is 0.342 e. The third-order valence-electron chi connectivity index (χ3n) is 5.05. The van der Waals surface area contributed by atoms with Gasteiger partial charge in [-0.3, -0.25) is 9.69 Å². The molecule has 2 aliphatic rings. The molecule has 0 bridgehead atoms. The number of ketones is 1. The number of benzene rings is 1. The molecule has 1 saturated heterocycles. The maximum absolute atomic E-state index is 12.5. The van der Waals surface area contributed by atoms with Gasteiger partial charge in [-0.25, -0.2) is 4.79 Å². The molecule has 1 fully saturated rings. The molecule has 162 valence electrons. The Morgan fingerprint density at radius 1 is 1.10 bits per heavy atom. The second-order valence-corrected chi connectivity index (χ2v) is 7.32. The number of aromatic hydroxyl groups is 1. The van der Waals surface area contributed by atoms with Crippen molar-refractivity contribution < 1.29 is 28.9 Å². The van der Waals surface area contributed by atoms with Crippen LogP contribution < -0.4 is 4.74 Å². The number of allylic oxidation sites excluding steroid dienone is 2. The van der Waals surface area contributed by atoms with Crippen LogP contribution in [0.5, 0.6) is 11.5 Å². The first kappa shape index (κ1) is 22.1. The Balaban J connectivity index is 1.72. The fourth-order valence-electron chi connectivity index (χ4n) is 3.38. The van der Waals surface area contributed by atoms with Crippen LogP contribution in [-0.4, -0.2) is 67.8 Å². The topological polar surface area (TPSA) is 85.3 Å². The number of nitrogens with zero attached hydrogens (tertiary/aromatic N) is 1. The zero-order valence-electron chi connectivity index (χ0n) is 17.2. The van der Waals surface area contributed by atoms with Gasteiger partial charge in [-0.2, -0.15) is 0 Å². The molecule has 3 rings (SSSR count). The van der Waals surface area contributed by atoms with Crippen LogP contribution in [0.4, 0.5) is 0 Å². The lowest BCUT2D eigenvalue weighted by Gasteiger charge is -2.26. The summed E-state index contributed by atoms with van der Waals surface area (Å²) in [5.74, 6) is -0.125. The SMILES string of the molecule is O=C1CC=CCOC(=O)c2c(O)cc(OCCN3CCOCC3)cc2C=CCCC1. The van der Waals surface area contributed by atoms with E-state index in [2.05, 4.69) is 4.90 Å². The number of hydrogen-bond acceptors (Lipinski definition) is 7. The first-order chi connectivity index (χ1) is 14.6. The number of morpholine rings is 1. The highest BCUT2D eigenvalue weighted by atomic mass is 16.5. The summed E-state index contributed by atoms with van der Waals surface area (Å²) < 4.78 is 16.4. The number of ether oxygens (including phenoxy) is 3. The Morgan fingerprint density at radius 2 is 1.93 bits per heavy atom. The molecule has 0 atom stereocenters. The Morgan fingerprint density at radius 3 is 2.77 bits per heavy atom. The highest BCUT2D eigenvalue weighted by molar-refractivity contribution is 5.97. The number of hydrogen-bond donors (Lipinski definition) is 1. The zero-order valence-corrected chi connectivity index (χ0v) is 17.2. The van der Waals surface area contributed by atoms with E-state index in [-0.39, 0.29) is 23.7 Å². The number of rotatable bonds is 4. The Kier molecular flexibility index (Phi) is 8.47. The highest BCUT2D eigenvalue weighted by Gasteiger charge is 2.19. The predicted molar refractivity (Wildman–Crippen MR) is 113 cm³/mol.